The molecule has 116 valence electrons. The predicted molar refractivity (Wildman–Crippen MR) is 90.6 cm³/mol. The van der Waals surface area contributed by atoms with E-state index in [4.69, 9.17) is 9.47 Å². The van der Waals surface area contributed by atoms with Crippen LogP contribution in [0.3, 0.4) is 0 Å². The summed E-state index contributed by atoms with van der Waals surface area (Å²) in [4.78, 5) is 13.8. The summed E-state index contributed by atoms with van der Waals surface area (Å²) in [7, 11) is 0. The van der Waals surface area contributed by atoms with Gasteiger partial charge < -0.3 is 14.4 Å². The number of ether oxygens (including phenoxy) is 2. The molecule has 0 aromatic heterocycles. The fourth-order valence-electron chi connectivity index (χ4n) is 2.21. The largest absolute Gasteiger partial charge is 0.493 e. The molecule has 1 heterocycles. The van der Waals surface area contributed by atoms with Gasteiger partial charge in [0.15, 0.2) is 0 Å². The predicted octanol–water partition coefficient (Wildman–Crippen LogP) is 3.93. The third kappa shape index (κ3) is 5.37. The maximum Gasteiger partial charge on any atom is 0.410 e. The Morgan fingerprint density at radius 3 is 2.62 bits per heavy atom. The first-order chi connectivity index (χ1) is 9.83. The second-order valence-corrected chi connectivity index (χ2v) is 7.59. The van der Waals surface area contributed by atoms with Crippen molar-refractivity contribution in [2.75, 3.05) is 19.7 Å². The summed E-state index contributed by atoms with van der Waals surface area (Å²) < 4.78 is 12.4. The van der Waals surface area contributed by atoms with Crippen LogP contribution in [0.25, 0.3) is 0 Å². The molecule has 5 heteroatoms. The van der Waals surface area contributed by atoms with Gasteiger partial charge in [0.05, 0.1) is 6.61 Å². The second-order valence-electron chi connectivity index (χ2n) is 6.35. The highest BCUT2D eigenvalue weighted by Crippen LogP contribution is 2.21. The Morgan fingerprint density at radius 2 is 2.00 bits per heavy atom. The van der Waals surface area contributed by atoms with Crippen LogP contribution >= 0.6 is 22.6 Å². The van der Waals surface area contributed by atoms with Gasteiger partial charge in [-0.2, -0.15) is 0 Å². The number of halogens is 1. The fraction of sp³-hybridized carbons (Fsp3) is 0.562. The molecule has 1 aliphatic rings. The molecule has 0 aliphatic carbocycles. The summed E-state index contributed by atoms with van der Waals surface area (Å²) in [6.45, 7) is 7.75. The van der Waals surface area contributed by atoms with Gasteiger partial charge in [-0.05, 0) is 74.0 Å². The minimum absolute atomic E-state index is 0.223. The standard InChI is InChI=1S/C16H22INO3/c1-16(2,3)21-15(19)18-9-8-12(10-18)11-20-14-6-4-13(17)5-7-14/h4-7,12H,8-11H2,1-3H3. The van der Waals surface area contributed by atoms with Crippen LogP contribution in [-0.4, -0.2) is 36.3 Å². The summed E-state index contributed by atoms with van der Waals surface area (Å²) in [5, 5.41) is 0. The van der Waals surface area contributed by atoms with Gasteiger partial charge in [0.2, 0.25) is 0 Å². The zero-order valence-corrected chi connectivity index (χ0v) is 14.9. The average molecular weight is 403 g/mol. The van der Waals surface area contributed by atoms with Crippen molar-refractivity contribution in [3.8, 4) is 5.75 Å². The van der Waals surface area contributed by atoms with E-state index < -0.39 is 5.60 Å². The second kappa shape index (κ2) is 6.85. The van der Waals surface area contributed by atoms with Crippen LogP contribution in [0, 0.1) is 9.49 Å². The van der Waals surface area contributed by atoms with Crippen molar-refractivity contribution < 1.29 is 14.3 Å². The smallest absolute Gasteiger partial charge is 0.410 e. The zero-order chi connectivity index (χ0) is 15.5. The number of amides is 1. The highest BCUT2D eigenvalue weighted by atomic mass is 127. The van der Waals surface area contributed by atoms with Crippen LogP contribution in [0.1, 0.15) is 27.2 Å². The number of rotatable bonds is 3. The Labute approximate surface area is 139 Å². The molecule has 0 saturated carbocycles. The molecular weight excluding hydrogens is 381 g/mol. The maximum absolute atomic E-state index is 12.0. The van der Waals surface area contributed by atoms with E-state index in [1.54, 1.807) is 4.90 Å². The average Bonchev–Trinajstić information content (AvgIpc) is 2.85. The van der Waals surface area contributed by atoms with Crippen molar-refractivity contribution in [2.24, 2.45) is 5.92 Å². The van der Waals surface area contributed by atoms with Gasteiger partial charge in [-0.3, -0.25) is 0 Å². The first-order valence-corrected chi connectivity index (χ1v) is 8.28. The highest BCUT2D eigenvalue weighted by molar-refractivity contribution is 14.1. The lowest BCUT2D eigenvalue weighted by Crippen LogP contribution is -2.35. The third-order valence-corrected chi connectivity index (χ3v) is 3.96. The van der Waals surface area contributed by atoms with Crippen molar-refractivity contribution in [3.05, 3.63) is 27.8 Å². The minimum Gasteiger partial charge on any atom is -0.493 e. The molecule has 21 heavy (non-hydrogen) atoms. The van der Waals surface area contributed by atoms with Crippen LogP contribution in [0.5, 0.6) is 5.75 Å². The van der Waals surface area contributed by atoms with Crippen LogP contribution in [0.4, 0.5) is 4.79 Å². The number of nitrogens with zero attached hydrogens (tertiary/aromatic N) is 1. The highest BCUT2D eigenvalue weighted by Gasteiger charge is 2.30. The molecule has 1 atom stereocenters. The molecule has 0 N–H and O–H groups in total. The Balaban J connectivity index is 1.77. The Kier molecular flexibility index (Phi) is 5.35. The molecular formula is C16H22INO3. The van der Waals surface area contributed by atoms with E-state index in [0.717, 1.165) is 18.7 Å². The minimum atomic E-state index is -0.438. The number of hydrogen-bond donors (Lipinski definition) is 0. The number of benzene rings is 1. The Hall–Kier alpha value is -0.980. The monoisotopic (exact) mass is 403 g/mol. The molecule has 0 spiro atoms. The third-order valence-electron chi connectivity index (χ3n) is 3.24. The quantitative estimate of drug-likeness (QED) is 0.719. The normalized spacial score (nSPS) is 18.7. The van der Waals surface area contributed by atoms with Crippen molar-refractivity contribution in [1.82, 2.24) is 4.90 Å². The summed E-state index contributed by atoms with van der Waals surface area (Å²) in [6, 6.07) is 8.00. The van der Waals surface area contributed by atoms with Crippen molar-refractivity contribution in [1.29, 1.82) is 0 Å². The van der Waals surface area contributed by atoms with Crippen molar-refractivity contribution in [2.45, 2.75) is 32.8 Å². The molecule has 1 saturated heterocycles. The van der Waals surface area contributed by atoms with Gasteiger partial charge in [0.1, 0.15) is 11.4 Å². The molecule has 1 aliphatic heterocycles. The van der Waals surface area contributed by atoms with Gasteiger partial charge in [0, 0.05) is 22.6 Å². The maximum atomic E-state index is 12.0. The summed E-state index contributed by atoms with van der Waals surface area (Å²) in [6.07, 6.45) is 0.739. The molecule has 1 amide bonds. The number of likely N-dealkylation sites (tertiary alicyclic amines) is 1. The lowest BCUT2D eigenvalue weighted by Gasteiger charge is -2.24. The molecule has 1 unspecified atom stereocenters. The van der Waals surface area contributed by atoms with Crippen molar-refractivity contribution >= 4 is 28.7 Å². The molecule has 0 radical (unpaired) electrons. The van der Waals surface area contributed by atoms with E-state index >= 15 is 0 Å². The van der Waals surface area contributed by atoms with Gasteiger partial charge >= 0.3 is 6.09 Å². The molecule has 1 fully saturated rings. The molecule has 0 bridgehead atoms. The van der Waals surface area contributed by atoms with Crippen LogP contribution < -0.4 is 4.74 Å². The van der Waals surface area contributed by atoms with E-state index in [-0.39, 0.29) is 6.09 Å². The Morgan fingerprint density at radius 1 is 1.33 bits per heavy atom. The summed E-state index contributed by atoms with van der Waals surface area (Å²) in [5.41, 5.74) is -0.438. The molecule has 2 rings (SSSR count). The Bertz CT molecular complexity index is 481. The zero-order valence-electron chi connectivity index (χ0n) is 12.8. The fourth-order valence-corrected chi connectivity index (χ4v) is 2.57. The first-order valence-electron chi connectivity index (χ1n) is 7.20. The number of carbonyl (C=O) groups is 1. The summed E-state index contributed by atoms with van der Waals surface area (Å²) in [5.74, 6) is 1.25. The lowest BCUT2D eigenvalue weighted by atomic mass is 10.1. The van der Waals surface area contributed by atoms with Crippen LogP contribution in [-0.2, 0) is 4.74 Å². The number of hydrogen-bond acceptors (Lipinski definition) is 3. The topological polar surface area (TPSA) is 38.8 Å². The number of carbonyl (C=O) groups excluding carboxylic acids is 1. The van der Waals surface area contributed by atoms with E-state index in [1.807, 2.05) is 45.0 Å². The van der Waals surface area contributed by atoms with Crippen LogP contribution in [0.15, 0.2) is 24.3 Å². The molecule has 1 aromatic carbocycles. The van der Waals surface area contributed by atoms with Gasteiger partial charge in [-0.15, -0.1) is 0 Å². The van der Waals surface area contributed by atoms with E-state index in [1.165, 1.54) is 3.57 Å². The van der Waals surface area contributed by atoms with Gasteiger partial charge in [0.25, 0.3) is 0 Å². The SMILES string of the molecule is CC(C)(C)OC(=O)N1CCC(COc2ccc(I)cc2)C1. The van der Waals surface area contributed by atoms with Crippen molar-refractivity contribution in [3.63, 3.8) is 0 Å². The van der Waals surface area contributed by atoms with E-state index in [9.17, 15) is 4.79 Å². The van der Waals surface area contributed by atoms with E-state index in [0.29, 0.717) is 19.1 Å². The first kappa shape index (κ1) is 16.4. The summed E-state index contributed by atoms with van der Waals surface area (Å²) >= 11 is 2.27. The van der Waals surface area contributed by atoms with Crippen LogP contribution in [0.2, 0.25) is 0 Å². The van der Waals surface area contributed by atoms with E-state index in [2.05, 4.69) is 22.6 Å². The van der Waals surface area contributed by atoms with Gasteiger partial charge in [-0.25, -0.2) is 4.79 Å². The van der Waals surface area contributed by atoms with Gasteiger partial charge in [-0.1, -0.05) is 0 Å². The molecule has 4 nitrogen and oxygen atoms in total. The molecule has 1 aromatic rings. The lowest BCUT2D eigenvalue weighted by molar-refractivity contribution is 0.0285.